The molecule has 1 aliphatic rings. The molecule has 0 atom stereocenters. The molecule has 0 bridgehead atoms. The van der Waals surface area contributed by atoms with Crippen molar-refractivity contribution in [2.24, 2.45) is 0 Å². The van der Waals surface area contributed by atoms with E-state index in [0.717, 1.165) is 63.0 Å². The minimum atomic E-state index is 0.910. The summed E-state index contributed by atoms with van der Waals surface area (Å²) in [4.78, 5) is 4.91. The molecule has 3 nitrogen and oxygen atoms in total. The SMILES string of the molecule is C1=CC(n2c3ccccc3c3cc(N(c4ccc(-c5ccc(-c6ccccc6)s5)cc4)c4ccc(-c5cccc6c5oc5ccccc56)cc4)ccc32)=CCC1. The van der Waals surface area contributed by atoms with Crippen LogP contribution in [0.5, 0.6) is 0 Å². The lowest BCUT2D eigenvalue weighted by Gasteiger charge is -2.26. The third kappa shape index (κ3) is 5.49. The molecule has 56 heavy (non-hydrogen) atoms. The van der Waals surface area contributed by atoms with Gasteiger partial charge in [0, 0.05) is 59.6 Å². The van der Waals surface area contributed by atoms with E-state index in [0.29, 0.717) is 0 Å². The number of allylic oxidation sites excluding steroid dienone is 4. The minimum absolute atomic E-state index is 0.910. The normalized spacial score (nSPS) is 12.9. The van der Waals surface area contributed by atoms with Gasteiger partial charge in [0.2, 0.25) is 0 Å². The highest BCUT2D eigenvalue weighted by atomic mass is 32.1. The maximum atomic E-state index is 6.43. The Hall–Kier alpha value is -6.88. The molecular formula is C52H36N2OS. The second-order valence-corrected chi connectivity index (χ2v) is 15.5. The molecule has 0 N–H and O–H groups in total. The summed E-state index contributed by atoms with van der Waals surface area (Å²) in [6.45, 7) is 0. The Morgan fingerprint density at radius 2 is 1.12 bits per heavy atom. The third-order valence-corrected chi connectivity index (χ3v) is 12.2. The maximum Gasteiger partial charge on any atom is 0.143 e. The Bertz CT molecular complexity index is 3120. The molecule has 0 aliphatic heterocycles. The van der Waals surface area contributed by atoms with Crippen LogP contribution in [-0.4, -0.2) is 4.57 Å². The lowest BCUT2D eigenvalue weighted by atomic mass is 10.0. The van der Waals surface area contributed by atoms with Crippen LogP contribution in [0.25, 0.3) is 81.4 Å². The first-order valence-electron chi connectivity index (χ1n) is 19.2. The van der Waals surface area contributed by atoms with Crippen LogP contribution in [0.4, 0.5) is 17.1 Å². The number of hydrogen-bond acceptors (Lipinski definition) is 3. The highest BCUT2D eigenvalue weighted by Crippen LogP contribution is 2.43. The van der Waals surface area contributed by atoms with Gasteiger partial charge < -0.3 is 13.9 Å². The molecule has 10 aromatic rings. The van der Waals surface area contributed by atoms with Gasteiger partial charge in [-0.15, -0.1) is 11.3 Å². The fourth-order valence-electron chi connectivity index (χ4n) is 8.38. The van der Waals surface area contributed by atoms with E-state index >= 15 is 0 Å². The summed E-state index contributed by atoms with van der Waals surface area (Å²) >= 11 is 1.83. The Balaban J connectivity index is 1.03. The van der Waals surface area contributed by atoms with E-state index in [4.69, 9.17) is 4.42 Å². The Morgan fingerprint density at radius 1 is 0.482 bits per heavy atom. The summed E-state index contributed by atoms with van der Waals surface area (Å²) in [5, 5.41) is 4.76. The highest BCUT2D eigenvalue weighted by molar-refractivity contribution is 7.18. The quantitative estimate of drug-likeness (QED) is 0.162. The molecule has 0 saturated heterocycles. The van der Waals surface area contributed by atoms with Gasteiger partial charge in [-0.05, 0) is 102 Å². The standard InChI is InChI=1S/C52H36N2OS/c1-3-12-36(13-4-1)50-32-33-51(56-50)37-24-28-40(29-25-37)53(39-26-22-35(23-27-39)42-18-11-19-45-44-17-8-10-21-49(44)55-52(42)45)41-30-31-48-46(34-41)43-16-7-9-20-47(43)54(48)38-14-5-2-6-15-38/h1,3-5,7-34H,2,6H2. The number of furan rings is 1. The monoisotopic (exact) mass is 736 g/mol. The van der Waals surface area contributed by atoms with Crippen molar-refractivity contribution in [1.82, 2.24) is 4.57 Å². The predicted molar refractivity (Wildman–Crippen MR) is 238 cm³/mol. The van der Waals surface area contributed by atoms with Gasteiger partial charge in [-0.25, -0.2) is 0 Å². The third-order valence-electron chi connectivity index (χ3n) is 11.1. The Labute approximate surface area is 329 Å². The van der Waals surface area contributed by atoms with Crippen LogP contribution < -0.4 is 4.90 Å². The van der Waals surface area contributed by atoms with Crippen LogP contribution >= 0.6 is 11.3 Å². The topological polar surface area (TPSA) is 21.3 Å². The minimum Gasteiger partial charge on any atom is -0.455 e. The number of para-hydroxylation sites is 3. The Morgan fingerprint density at radius 3 is 1.89 bits per heavy atom. The van der Waals surface area contributed by atoms with Gasteiger partial charge in [-0.3, -0.25) is 0 Å². The van der Waals surface area contributed by atoms with E-state index in [2.05, 4.69) is 191 Å². The zero-order valence-electron chi connectivity index (χ0n) is 30.6. The van der Waals surface area contributed by atoms with Crippen molar-refractivity contribution in [2.45, 2.75) is 12.8 Å². The summed E-state index contributed by atoms with van der Waals surface area (Å²) in [6.07, 6.45) is 9.05. The van der Waals surface area contributed by atoms with E-state index in [1.54, 1.807) is 0 Å². The first-order valence-corrected chi connectivity index (χ1v) is 20.1. The number of hydrogen-bond donors (Lipinski definition) is 0. The summed E-state index contributed by atoms with van der Waals surface area (Å²) in [5.74, 6) is 0. The predicted octanol–water partition coefficient (Wildman–Crippen LogP) is 15.4. The first kappa shape index (κ1) is 32.5. The van der Waals surface area contributed by atoms with Gasteiger partial charge in [-0.1, -0.05) is 121 Å². The summed E-state index contributed by atoms with van der Waals surface area (Å²) in [5.41, 5.74) is 13.5. The zero-order valence-corrected chi connectivity index (χ0v) is 31.4. The van der Waals surface area contributed by atoms with Crippen molar-refractivity contribution in [3.05, 3.63) is 194 Å². The molecule has 11 rings (SSSR count). The van der Waals surface area contributed by atoms with Crippen molar-refractivity contribution in [3.8, 4) is 32.0 Å². The fourth-order valence-corrected chi connectivity index (χ4v) is 9.40. The van der Waals surface area contributed by atoms with Crippen molar-refractivity contribution in [3.63, 3.8) is 0 Å². The molecule has 0 unspecified atom stereocenters. The molecule has 0 radical (unpaired) electrons. The largest absolute Gasteiger partial charge is 0.455 e. The average molecular weight is 737 g/mol. The molecule has 0 amide bonds. The number of rotatable bonds is 7. The van der Waals surface area contributed by atoms with E-state index in [9.17, 15) is 0 Å². The molecule has 3 heterocycles. The second-order valence-electron chi connectivity index (χ2n) is 14.4. The highest BCUT2D eigenvalue weighted by Gasteiger charge is 2.19. The van der Waals surface area contributed by atoms with Gasteiger partial charge in [0.15, 0.2) is 0 Å². The molecule has 7 aromatic carbocycles. The van der Waals surface area contributed by atoms with E-state index in [1.165, 1.54) is 48.4 Å². The molecule has 0 spiro atoms. The van der Waals surface area contributed by atoms with Gasteiger partial charge in [-0.2, -0.15) is 0 Å². The van der Waals surface area contributed by atoms with Gasteiger partial charge >= 0.3 is 0 Å². The fraction of sp³-hybridized carbons (Fsp3) is 0.0385. The van der Waals surface area contributed by atoms with Crippen LogP contribution in [-0.2, 0) is 0 Å². The van der Waals surface area contributed by atoms with E-state index in [1.807, 2.05) is 23.5 Å². The smallest absolute Gasteiger partial charge is 0.143 e. The van der Waals surface area contributed by atoms with Crippen molar-refractivity contribution >= 4 is 77.8 Å². The number of thiophene rings is 1. The van der Waals surface area contributed by atoms with Crippen LogP contribution in [0.3, 0.4) is 0 Å². The molecule has 1 aliphatic carbocycles. The van der Waals surface area contributed by atoms with Crippen LogP contribution in [0.1, 0.15) is 12.8 Å². The van der Waals surface area contributed by atoms with Crippen molar-refractivity contribution in [2.75, 3.05) is 4.90 Å². The van der Waals surface area contributed by atoms with Gasteiger partial charge in [0.25, 0.3) is 0 Å². The second kappa shape index (κ2) is 13.5. The number of nitrogens with zero attached hydrogens (tertiary/aromatic N) is 2. The van der Waals surface area contributed by atoms with E-state index < -0.39 is 0 Å². The molecule has 4 heteroatoms. The molecule has 266 valence electrons. The van der Waals surface area contributed by atoms with E-state index in [-0.39, 0.29) is 0 Å². The van der Waals surface area contributed by atoms with Gasteiger partial charge in [0.05, 0.1) is 11.0 Å². The van der Waals surface area contributed by atoms with Gasteiger partial charge in [0.1, 0.15) is 11.2 Å². The summed E-state index contributed by atoms with van der Waals surface area (Å²) in [7, 11) is 0. The number of benzene rings is 7. The summed E-state index contributed by atoms with van der Waals surface area (Å²) in [6, 6.07) is 63.5. The van der Waals surface area contributed by atoms with Crippen molar-refractivity contribution < 1.29 is 4.42 Å². The molecular weight excluding hydrogens is 701 g/mol. The average Bonchev–Trinajstić information content (AvgIpc) is 4.00. The van der Waals surface area contributed by atoms with Crippen LogP contribution in [0, 0.1) is 0 Å². The zero-order chi connectivity index (χ0) is 37.0. The van der Waals surface area contributed by atoms with Crippen LogP contribution in [0.15, 0.2) is 199 Å². The molecule has 0 saturated carbocycles. The Kier molecular flexibility index (Phi) is 7.82. The molecule has 0 fully saturated rings. The lowest BCUT2D eigenvalue weighted by molar-refractivity contribution is 0.670. The summed E-state index contributed by atoms with van der Waals surface area (Å²) < 4.78 is 8.85. The number of anilines is 3. The molecule has 3 aromatic heterocycles. The first-order chi connectivity index (χ1) is 27.8. The lowest BCUT2D eigenvalue weighted by Crippen LogP contribution is -2.10. The number of fused-ring (bicyclic) bond motifs is 6. The van der Waals surface area contributed by atoms with Crippen LogP contribution in [0.2, 0.25) is 0 Å². The maximum absolute atomic E-state index is 6.43. The number of aromatic nitrogens is 1. The van der Waals surface area contributed by atoms with Crippen molar-refractivity contribution in [1.29, 1.82) is 0 Å².